The van der Waals surface area contributed by atoms with E-state index < -0.39 is 74.0 Å². The number of benzene rings is 2. The molecule has 258 valence electrons. The van der Waals surface area contributed by atoms with Crippen molar-refractivity contribution in [1.82, 2.24) is 9.80 Å². The molecule has 1 fully saturated rings. The Morgan fingerprint density at radius 1 is 1.00 bits per heavy atom. The highest BCUT2D eigenvalue weighted by Crippen LogP contribution is 2.48. The van der Waals surface area contributed by atoms with Crippen molar-refractivity contribution >= 4 is 56.2 Å². The summed E-state index contributed by atoms with van der Waals surface area (Å²) in [6, 6.07) is 19.5. The summed E-state index contributed by atoms with van der Waals surface area (Å²) < 4.78 is 26.1. The Hall–Kier alpha value is -4.56. The number of carboxylic acids is 1. The lowest BCUT2D eigenvalue weighted by atomic mass is 9.84. The molecular formula is C35H36BrN3O9S. The van der Waals surface area contributed by atoms with E-state index in [-0.39, 0.29) is 22.4 Å². The van der Waals surface area contributed by atoms with Gasteiger partial charge in [-0.05, 0) is 63.5 Å². The normalized spacial score (nSPS) is 21.2. The highest BCUT2D eigenvalue weighted by Gasteiger charge is 2.65. The Morgan fingerprint density at radius 2 is 1.57 bits per heavy atom. The minimum atomic E-state index is -2.09. The molecule has 14 heteroatoms. The van der Waals surface area contributed by atoms with Crippen LogP contribution in [0, 0.1) is 0 Å². The van der Waals surface area contributed by atoms with Gasteiger partial charge in [-0.1, -0.05) is 81.7 Å². The van der Waals surface area contributed by atoms with Crippen LogP contribution < -0.4 is 0 Å². The molecule has 1 saturated heterocycles. The maximum atomic E-state index is 15.1. The lowest BCUT2D eigenvalue weighted by molar-refractivity contribution is -0.179. The molecule has 2 aromatic carbocycles. The van der Waals surface area contributed by atoms with Crippen LogP contribution in [-0.2, 0) is 34.7 Å². The van der Waals surface area contributed by atoms with Gasteiger partial charge in [0.25, 0.3) is 11.8 Å². The first-order valence-electron chi connectivity index (χ1n) is 15.3. The van der Waals surface area contributed by atoms with Gasteiger partial charge in [0.05, 0.1) is 22.3 Å². The average Bonchev–Trinajstić information content (AvgIpc) is 3.59. The molecule has 12 nitrogen and oxygen atoms in total. The second-order valence-corrected chi connectivity index (χ2v) is 15.3. The molecule has 2 aliphatic heterocycles. The maximum absolute atomic E-state index is 15.1. The number of carbonyl (C=O) groups excluding carboxylic acids is 3. The molecule has 0 spiro atoms. The first kappa shape index (κ1) is 35.7. The SMILES string of the molecule is CC(C)(C)OC(=O)C(C)(C)N(C(=O)C(=NO)c1ccco1)[C@@H]1C(=O)N2C(C(=O)O)=C(CBr)C(C(c3ccccc3)c3ccccc3)[S@](=O)[C@H]12. The van der Waals surface area contributed by atoms with Crippen LogP contribution in [0.3, 0.4) is 0 Å². The number of ether oxygens (including phenoxy) is 1. The topological polar surface area (TPSA) is 167 Å². The number of nitrogens with zero attached hydrogens (tertiary/aromatic N) is 3. The highest BCUT2D eigenvalue weighted by atomic mass is 79.9. The molecule has 0 bridgehead atoms. The van der Waals surface area contributed by atoms with Gasteiger partial charge in [-0.15, -0.1) is 0 Å². The lowest BCUT2D eigenvalue weighted by Gasteiger charge is -2.57. The van der Waals surface area contributed by atoms with E-state index in [1.54, 1.807) is 20.8 Å². The van der Waals surface area contributed by atoms with Gasteiger partial charge in [0.2, 0.25) is 5.71 Å². The van der Waals surface area contributed by atoms with Crippen molar-refractivity contribution in [3.05, 3.63) is 107 Å². The van der Waals surface area contributed by atoms with E-state index in [9.17, 15) is 29.5 Å². The molecule has 1 aromatic heterocycles. The first-order valence-corrected chi connectivity index (χ1v) is 17.7. The standard InChI is InChI=1S/C35H36BrN3O9S/c1-34(2,3)48-33(44)35(4,5)39(29(40)25(37-45)23-17-12-18-47-23)27-30(41)38-26(32(42)43)22(19-36)28(49(46)31(27)38)24(20-13-8-6-9-14-20)21-15-10-7-11-16-21/h6-18,24,27-28,31,45H,19H2,1-5H3,(H,42,43)/t27-,28?,31-,49+/m1/s1. The monoisotopic (exact) mass is 753 g/mol. The predicted octanol–water partition coefficient (Wildman–Crippen LogP) is 4.64. The van der Waals surface area contributed by atoms with Crippen LogP contribution >= 0.6 is 15.9 Å². The van der Waals surface area contributed by atoms with Gasteiger partial charge in [-0.25, -0.2) is 9.59 Å². The van der Waals surface area contributed by atoms with E-state index >= 15 is 4.21 Å². The summed E-state index contributed by atoms with van der Waals surface area (Å²) in [5, 5.41) is 21.3. The molecule has 3 aromatic rings. The van der Waals surface area contributed by atoms with Gasteiger partial charge in [-0.2, -0.15) is 0 Å². The van der Waals surface area contributed by atoms with Crippen LogP contribution in [0.25, 0.3) is 0 Å². The number of oxime groups is 1. The second kappa shape index (κ2) is 13.7. The van der Waals surface area contributed by atoms with Crippen LogP contribution in [0.1, 0.15) is 57.4 Å². The van der Waals surface area contributed by atoms with Gasteiger partial charge < -0.3 is 24.4 Å². The lowest BCUT2D eigenvalue weighted by Crippen LogP contribution is -2.79. The van der Waals surface area contributed by atoms with Crippen LogP contribution in [0.2, 0.25) is 0 Å². The number of β-lactam (4-membered cyclic amide) rings is 1. The number of esters is 1. The zero-order valence-electron chi connectivity index (χ0n) is 27.4. The molecular weight excluding hydrogens is 718 g/mol. The zero-order valence-corrected chi connectivity index (χ0v) is 29.8. The Labute approximate surface area is 294 Å². The fourth-order valence-corrected chi connectivity index (χ4v) is 9.36. The van der Waals surface area contributed by atoms with Crippen LogP contribution in [0.5, 0.6) is 0 Å². The van der Waals surface area contributed by atoms with Gasteiger partial charge in [0.15, 0.2) is 5.76 Å². The number of furan rings is 1. The molecule has 0 aliphatic carbocycles. The van der Waals surface area contributed by atoms with Crippen molar-refractivity contribution in [3.63, 3.8) is 0 Å². The number of hydrogen-bond acceptors (Lipinski definition) is 9. The number of amides is 2. The average molecular weight is 755 g/mol. The fraction of sp³-hybridized carbons (Fsp3) is 0.343. The summed E-state index contributed by atoms with van der Waals surface area (Å²) in [6.07, 6.45) is 1.24. The van der Waals surface area contributed by atoms with Gasteiger partial charge >= 0.3 is 11.9 Å². The Morgan fingerprint density at radius 3 is 2.02 bits per heavy atom. The third kappa shape index (κ3) is 6.46. The zero-order chi connectivity index (χ0) is 35.8. The molecule has 5 rings (SSSR count). The number of carboxylic acid groups (broad SMARTS) is 1. The number of fused-ring (bicyclic) bond motifs is 1. The molecule has 0 radical (unpaired) electrons. The smallest absolute Gasteiger partial charge is 0.352 e. The quantitative estimate of drug-likeness (QED) is 0.0749. The largest absolute Gasteiger partial charge is 0.477 e. The van der Waals surface area contributed by atoms with Crippen molar-refractivity contribution in [2.75, 3.05) is 5.33 Å². The second-order valence-electron chi connectivity index (χ2n) is 13.1. The third-order valence-corrected chi connectivity index (χ3v) is 11.0. The maximum Gasteiger partial charge on any atom is 0.352 e. The summed E-state index contributed by atoms with van der Waals surface area (Å²) in [4.78, 5) is 57.2. The Balaban J connectivity index is 1.72. The fourth-order valence-electron chi connectivity index (χ4n) is 6.27. The number of halogens is 1. The number of alkyl halides is 1. The molecule has 2 aliphatic rings. The van der Waals surface area contributed by atoms with Gasteiger partial charge in [0, 0.05) is 11.2 Å². The van der Waals surface area contributed by atoms with Crippen LogP contribution in [-0.4, -0.2) is 86.9 Å². The van der Waals surface area contributed by atoms with Gasteiger partial charge in [0.1, 0.15) is 28.3 Å². The predicted molar refractivity (Wildman–Crippen MR) is 183 cm³/mol. The van der Waals surface area contributed by atoms with E-state index in [1.807, 2.05) is 60.7 Å². The first-order chi connectivity index (χ1) is 23.2. The highest BCUT2D eigenvalue weighted by molar-refractivity contribution is 9.09. The molecule has 2 amide bonds. The van der Waals surface area contributed by atoms with Crippen molar-refractivity contribution in [2.24, 2.45) is 5.16 Å². The molecule has 0 saturated carbocycles. The summed E-state index contributed by atoms with van der Waals surface area (Å²) >= 11 is 3.42. The van der Waals surface area contributed by atoms with E-state index in [1.165, 1.54) is 32.2 Å². The summed E-state index contributed by atoms with van der Waals surface area (Å²) in [5.74, 6) is -5.12. The summed E-state index contributed by atoms with van der Waals surface area (Å²) in [7, 11) is -2.09. The van der Waals surface area contributed by atoms with Crippen molar-refractivity contribution in [2.45, 2.75) is 68.3 Å². The minimum Gasteiger partial charge on any atom is -0.477 e. The summed E-state index contributed by atoms with van der Waals surface area (Å²) in [5.41, 5.74) is -2.21. The molecule has 2 N–H and O–H groups in total. The van der Waals surface area contributed by atoms with E-state index in [2.05, 4.69) is 21.1 Å². The number of hydrogen-bond donors (Lipinski definition) is 2. The molecule has 49 heavy (non-hydrogen) atoms. The number of rotatable bonds is 10. The molecule has 3 heterocycles. The van der Waals surface area contributed by atoms with Crippen LogP contribution in [0.4, 0.5) is 0 Å². The van der Waals surface area contributed by atoms with E-state index in [4.69, 9.17) is 9.15 Å². The number of aliphatic carboxylic acids is 1. The Kier molecular flexibility index (Phi) is 10.0. The summed E-state index contributed by atoms with van der Waals surface area (Å²) in [6.45, 7) is 7.60. The Bertz CT molecular complexity index is 1800. The minimum absolute atomic E-state index is 0.0196. The molecule has 4 atom stereocenters. The third-order valence-electron chi connectivity index (χ3n) is 8.41. The van der Waals surface area contributed by atoms with Gasteiger partial charge in [-0.3, -0.25) is 18.7 Å². The van der Waals surface area contributed by atoms with Crippen molar-refractivity contribution in [3.8, 4) is 0 Å². The van der Waals surface area contributed by atoms with E-state index in [0.29, 0.717) is 0 Å². The number of carbonyl (C=O) groups is 4. The van der Waals surface area contributed by atoms with Crippen LogP contribution in [0.15, 0.2) is 99.9 Å². The molecule has 1 unspecified atom stereocenters. The van der Waals surface area contributed by atoms with E-state index in [0.717, 1.165) is 20.9 Å². The van der Waals surface area contributed by atoms with Crippen molar-refractivity contribution in [1.29, 1.82) is 0 Å². The van der Waals surface area contributed by atoms with Crippen molar-refractivity contribution < 1.29 is 42.9 Å².